The zero-order chi connectivity index (χ0) is 16.6. The van der Waals surface area contributed by atoms with Crippen molar-refractivity contribution in [2.24, 2.45) is 7.05 Å². The number of aromatic nitrogens is 1. The molecule has 4 nitrogen and oxygen atoms in total. The minimum absolute atomic E-state index is 0.172. The number of pyridine rings is 1. The summed E-state index contributed by atoms with van der Waals surface area (Å²) in [6.07, 6.45) is 0. The molecule has 0 saturated heterocycles. The summed E-state index contributed by atoms with van der Waals surface area (Å²) in [4.78, 5) is 25.0. The molecule has 23 heavy (non-hydrogen) atoms. The second-order valence-electron chi connectivity index (χ2n) is 5.75. The van der Waals surface area contributed by atoms with Gasteiger partial charge in [0.1, 0.15) is 5.69 Å². The molecule has 3 aromatic rings. The van der Waals surface area contributed by atoms with Gasteiger partial charge in [-0.3, -0.25) is 9.59 Å². The summed E-state index contributed by atoms with van der Waals surface area (Å²) < 4.78 is 1.39. The van der Waals surface area contributed by atoms with E-state index >= 15 is 0 Å². The van der Waals surface area contributed by atoms with Crippen LogP contribution in [0.25, 0.3) is 10.8 Å². The lowest BCUT2D eigenvalue weighted by Crippen LogP contribution is -2.26. The summed E-state index contributed by atoms with van der Waals surface area (Å²) >= 11 is 0. The standard InChI is InChI=1S/C19H18N2O2/c1-12-8-9-16(13(2)10-12)20-18(22)17-11-14-6-4-5-7-15(14)19(23)21(17)3/h4-11H,1-3H3,(H,20,22). The highest BCUT2D eigenvalue weighted by molar-refractivity contribution is 6.05. The zero-order valence-electron chi connectivity index (χ0n) is 13.4. The molecule has 0 atom stereocenters. The van der Waals surface area contributed by atoms with Crippen molar-refractivity contribution >= 4 is 22.4 Å². The number of amides is 1. The van der Waals surface area contributed by atoms with Gasteiger partial charge < -0.3 is 9.88 Å². The number of fused-ring (bicyclic) bond motifs is 1. The van der Waals surface area contributed by atoms with E-state index in [1.165, 1.54) is 4.57 Å². The summed E-state index contributed by atoms with van der Waals surface area (Å²) in [6, 6.07) is 14.9. The Labute approximate surface area is 134 Å². The molecule has 0 spiro atoms. The zero-order valence-corrected chi connectivity index (χ0v) is 13.4. The molecule has 116 valence electrons. The lowest BCUT2D eigenvalue weighted by molar-refractivity contribution is 0.101. The summed E-state index contributed by atoms with van der Waals surface area (Å²) in [6.45, 7) is 3.95. The second-order valence-corrected chi connectivity index (χ2v) is 5.75. The van der Waals surface area contributed by atoms with Gasteiger partial charge in [-0.15, -0.1) is 0 Å². The van der Waals surface area contributed by atoms with Crippen molar-refractivity contribution in [3.8, 4) is 0 Å². The summed E-state index contributed by atoms with van der Waals surface area (Å²) in [7, 11) is 1.62. The van der Waals surface area contributed by atoms with E-state index in [0.29, 0.717) is 11.1 Å². The highest BCUT2D eigenvalue weighted by Crippen LogP contribution is 2.18. The number of hydrogen-bond acceptors (Lipinski definition) is 2. The van der Waals surface area contributed by atoms with E-state index in [1.54, 1.807) is 19.2 Å². The minimum Gasteiger partial charge on any atom is -0.320 e. The fourth-order valence-corrected chi connectivity index (χ4v) is 2.71. The van der Waals surface area contributed by atoms with E-state index in [4.69, 9.17) is 0 Å². The van der Waals surface area contributed by atoms with E-state index in [0.717, 1.165) is 22.2 Å². The molecule has 1 amide bonds. The predicted molar refractivity (Wildman–Crippen MR) is 93.1 cm³/mol. The van der Waals surface area contributed by atoms with Crippen molar-refractivity contribution in [1.82, 2.24) is 4.57 Å². The Balaban J connectivity index is 2.04. The molecule has 1 N–H and O–H groups in total. The molecule has 4 heteroatoms. The Morgan fingerprint density at radius 2 is 1.78 bits per heavy atom. The molecule has 1 heterocycles. The average Bonchev–Trinajstić information content (AvgIpc) is 2.53. The number of rotatable bonds is 2. The number of anilines is 1. The minimum atomic E-state index is -0.290. The van der Waals surface area contributed by atoms with E-state index in [-0.39, 0.29) is 11.5 Å². The van der Waals surface area contributed by atoms with Crippen LogP contribution in [0.3, 0.4) is 0 Å². The molecule has 1 aromatic heterocycles. The first-order chi connectivity index (χ1) is 11.0. The molecule has 3 rings (SSSR count). The predicted octanol–water partition coefficient (Wildman–Crippen LogP) is 3.41. The molecule has 0 bridgehead atoms. The lowest BCUT2D eigenvalue weighted by Gasteiger charge is -2.12. The Bertz CT molecular complexity index is 971. The topological polar surface area (TPSA) is 51.1 Å². The number of carbonyl (C=O) groups is 1. The first-order valence-corrected chi connectivity index (χ1v) is 7.45. The number of aryl methyl sites for hydroxylation is 2. The largest absolute Gasteiger partial charge is 0.320 e. The van der Waals surface area contributed by atoms with E-state index < -0.39 is 0 Å². The van der Waals surface area contributed by atoms with Gasteiger partial charge in [0.25, 0.3) is 11.5 Å². The SMILES string of the molecule is Cc1ccc(NC(=O)c2cc3ccccc3c(=O)n2C)c(C)c1. The van der Waals surface area contributed by atoms with Crippen molar-refractivity contribution in [3.05, 3.63) is 75.7 Å². The van der Waals surface area contributed by atoms with Crippen LogP contribution in [0.2, 0.25) is 0 Å². The van der Waals surface area contributed by atoms with Crippen LogP contribution in [0, 0.1) is 13.8 Å². The number of hydrogen-bond donors (Lipinski definition) is 1. The quantitative estimate of drug-likeness (QED) is 0.789. The maximum absolute atomic E-state index is 12.6. The molecule has 0 saturated carbocycles. The molecular weight excluding hydrogens is 288 g/mol. The Hall–Kier alpha value is -2.88. The maximum Gasteiger partial charge on any atom is 0.272 e. The first-order valence-electron chi connectivity index (χ1n) is 7.45. The molecule has 0 aliphatic carbocycles. The number of carbonyl (C=O) groups excluding carboxylic acids is 1. The number of benzene rings is 2. The van der Waals surface area contributed by atoms with Crippen LogP contribution in [0.4, 0.5) is 5.69 Å². The van der Waals surface area contributed by atoms with E-state index in [2.05, 4.69) is 5.32 Å². The Morgan fingerprint density at radius 1 is 1.04 bits per heavy atom. The van der Waals surface area contributed by atoms with Gasteiger partial charge in [0, 0.05) is 18.1 Å². The highest BCUT2D eigenvalue weighted by atomic mass is 16.2. The van der Waals surface area contributed by atoms with Crippen LogP contribution >= 0.6 is 0 Å². The first kappa shape index (κ1) is 15.0. The number of nitrogens with zero attached hydrogens (tertiary/aromatic N) is 1. The molecular formula is C19H18N2O2. The fourth-order valence-electron chi connectivity index (χ4n) is 2.71. The van der Waals surface area contributed by atoms with Crippen LogP contribution in [0.5, 0.6) is 0 Å². The molecule has 0 aliphatic heterocycles. The van der Waals surface area contributed by atoms with Gasteiger partial charge in [-0.2, -0.15) is 0 Å². The molecule has 0 aliphatic rings. The van der Waals surface area contributed by atoms with Crippen molar-refractivity contribution < 1.29 is 4.79 Å². The highest BCUT2D eigenvalue weighted by Gasteiger charge is 2.14. The molecule has 0 unspecified atom stereocenters. The van der Waals surface area contributed by atoms with Gasteiger partial charge in [-0.25, -0.2) is 0 Å². The second kappa shape index (κ2) is 5.72. The van der Waals surface area contributed by atoms with Crippen molar-refractivity contribution in [2.75, 3.05) is 5.32 Å². The molecule has 0 radical (unpaired) electrons. The Kier molecular flexibility index (Phi) is 3.74. The van der Waals surface area contributed by atoms with E-state index in [1.807, 2.05) is 50.2 Å². The van der Waals surface area contributed by atoms with Crippen molar-refractivity contribution in [3.63, 3.8) is 0 Å². The van der Waals surface area contributed by atoms with Gasteiger partial charge in [-0.05, 0) is 43.0 Å². The lowest BCUT2D eigenvalue weighted by atomic mass is 10.1. The van der Waals surface area contributed by atoms with Gasteiger partial charge in [0.2, 0.25) is 0 Å². The average molecular weight is 306 g/mol. The summed E-state index contributed by atoms with van der Waals surface area (Å²) in [5.74, 6) is -0.290. The van der Waals surface area contributed by atoms with Crippen molar-refractivity contribution in [2.45, 2.75) is 13.8 Å². The van der Waals surface area contributed by atoms with Crippen LogP contribution in [0.15, 0.2) is 53.3 Å². The van der Waals surface area contributed by atoms with Crippen molar-refractivity contribution in [1.29, 1.82) is 0 Å². The Morgan fingerprint density at radius 3 is 2.52 bits per heavy atom. The van der Waals surface area contributed by atoms with Crippen LogP contribution in [-0.2, 0) is 7.05 Å². The van der Waals surface area contributed by atoms with Crippen LogP contribution in [0.1, 0.15) is 21.6 Å². The normalized spacial score (nSPS) is 10.7. The molecule has 2 aromatic carbocycles. The van der Waals surface area contributed by atoms with Gasteiger partial charge in [0.05, 0.1) is 0 Å². The van der Waals surface area contributed by atoms with Crippen LogP contribution in [-0.4, -0.2) is 10.5 Å². The third-order valence-corrected chi connectivity index (χ3v) is 4.01. The monoisotopic (exact) mass is 306 g/mol. The fraction of sp³-hybridized carbons (Fsp3) is 0.158. The van der Waals surface area contributed by atoms with Gasteiger partial charge >= 0.3 is 0 Å². The number of nitrogens with one attached hydrogen (secondary N) is 1. The van der Waals surface area contributed by atoms with Gasteiger partial charge in [-0.1, -0.05) is 35.9 Å². The third kappa shape index (κ3) is 2.75. The smallest absolute Gasteiger partial charge is 0.272 e. The van der Waals surface area contributed by atoms with Crippen LogP contribution < -0.4 is 10.9 Å². The maximum atomic E-state index is 12.6. The third-order valence-electron chi connectivity index (χ3n) is 4.01. The summed E-state index contributed by atoms with van der Waals surface area (Å²) in [5, 5.41) is 4.26. The van der Waals surface area contributed by atoms with Gasteiger partial charge in [0.15, 0.2) is 0 Å². The summed E-state index contributed by atoms with van der Waals surface area (Å²) in [5.41, 5.74) is 3.05. The molecule has 0 fully saturated rings. The van der Waals surface area contributed by atoms with E-state index in [9.17, 15) is 9.59 Å².